The van der Waals surface area contributed by atoms with E-state index in [2.05, 4.69) is 4.90 Å². The number of amides is 1. The maximum absolute atomic E-state index is 12.2. The summed E-state index contributed by atoms with van der Waals surface area (Å²) in [5.41, 5.74) is 0. The molecule has 1 saturated heterocycles. The second kappa shape index (κ2) is 6.85. The molecule has 2 heterocycles. The van der Waals surface area contributed by atoms with Gasteiger partial charge in [-0.15, -0.1) is 11.3 Å². The highest BCUT2D eigenvalue weighted by molar-refractivity contribution is 7.12. The molecule has 2 rings (SSSR count). The second-order valence-electron chi connectivity index (χ2n) is 4.99. The summed E-state index contributed by atoms with van der Waals surface area (Å²) >= 11 is 1.48. The summed E-state index contributed by atoms with van der Waals surface area (Å²) in [5.74, 6) is -0.192. The molecule has 1 aromatic rings. The lowest BCUT2D eigenvalue weighted by atomic mass is 10.1. The molecule has 0 bridgehead atoms. The van der Waals surface area contributed by atoms with Crippen molar-refractivity contribution in [3.63, 3.8) is 0 Å². The van der Waals surface area contributed by atoms with Gasteiger partial charge in [-0.2, -0.15) is 0 Å². The van der Waals surface area contributed by atoms with Gasteiger partial charge in [0.05, 0.1) is 17.9 Å². The van der Waals surface area contributed by atoms with Crippen LogP contribution in [-0.2, 0) is 9.53 Å². The van der Waals surface area contributed by atoms with Crippen LogP contribution in [0.2, 0.25) is 0 Å². The number of hydrogen-bond acceptors (Lipinski definition) is 5. The largest absolute Gasteiger partial charge is 0.469 e. The van der Waals surface area contributed by atoms with Gasteiger partial charge >= 0.3 is 5.97 Å². The van der Waals surface area contributed by atoms with Crippen molar-refractivity contribution in [1.29, 1.82) is 0 Å². The molecular formula is C14H20N2O3S. The average molecular weight is 296 g/mol. The molecule has 0 N–H and O–H groups in total. The van der Waals surface area contributed by atoms with E-state index >= 15 is 0 Å². The van der Waals surface area contributed by atoms with E-state index in [1.54, 1.807) is 0 Å². The maximum Gasteiger partial charge on any atom is 0.309 e. The number of methoxy groups -OCH3 is 1. The number of hydrogen-bond donors (Lipinski definition) is 0. The summed E-state index contributed by atoms with van der Waals surface area (Å²) < 4.78 is 4.73. The Kier molecular flexibility index (Phi) is 5.14. The van der Waals surface area contributed by atoms with E-state index in [4.69, 9.17) is 4.74 Å². The lowest BCUT2D eigenvalue weighted by Crippen LogP contribution is -2.50. The Morgan fingerprint density at radius 1 is 1.35 bits per heavy atom. The number of ether oxygens (including phenoxy) is 1. The van der Waals surface area contributed by atoms with Crippen LogP contribution in [0, 0.1) is 5.92 Å². The Labute approximate surface area is 123 Å². The van der Waals surface area contributed by atoms with Crippen molar-refractivity contribution in [2.24, 2.45) is 5.92 Å². The number of esters is 1. The van der Waals surface area contributed by atoms with E-state index in [-0.39, 0.29) is 17.8 Å². The second-order valence-corrected chi connectivity index (χ2v) is 5.94. The van der Waals surface area contributed by atoms with Gasteiger partial charge in [0.15, 0.2) is 0 Å². The van der Waals surface area contributed by atoms with Crippen LogP contribution in [0.5, 0.6) is 0 Å². The van der Waals surface area contributed by atoms with E-state index in [1.165, 1.54) is 18.4 Å². The molecule has 6 heteroatoms. The SMILES string of the molecule is COC(=O)[C@@H](C)CN1CCN(C(=O)c2cccs2)CC1. The molecule has 0 aromatic carbocycles. The Bertz CT molecular complexity index is 453. The third-order valence-electron chi connectivity index (χ3n) is 3.53. The highest BCUT2D eigenvalue weighted by Gasteiger charge is 2.25. The lowest BCUT2D eigenvalue weighted by molar-refractivity contribution is -0.145. The number of piperazine rings is 1. The number of nitrogens with zero attached hydrogens (tertiary/aromatic N) is 2. The topological polar surface area (TPSA) is 49.9 Å². The first-order valence-corrected chi connectivity index (χ1v) is 7.62. The summed E-state index contributed by atoms with van der Waals surface area (Å²) in [6.07, 6.45) is 0. The van der Waals surface area contributed by atoms with Crippen molar-refractivity contribution < 1.29 is 14.3 Å². The first-order chi connectivity index (χ1) is 9.61. The predicted octanol–water partition coefficient (Wildman–Crippen LogP) is 1.31. The zero-order chi connectivity index (χ0) is 14.5. The molecule has 0 unspecified atom stereocenters. The zero-order valence-corrected chi connectivity index (χ0v) is 12.7. The fraction of sp³-hybridized carbons (Fsp3) is 0.571. The molecule has 110 valence electrons. The van der Waals surface area contributed by atoms with E-state index < -0.39 is 0 Å². The van der Waals surface area contributed by atoms with Gasteiger partial charge in [0, 0.05) is 32.7 Å². The quantitative estimate of drug-likeness (QED) is 0.786. The van der Waals surface area contributed by atoms with Crippen LogP contribution in [0.1, 0.15) is 16.6 Å². The summed E-state index contributed by atoms with van der Waals surface area (Å²) in [4.78, 5) is 28.5. The molecule has 1 aliphatic heterocycles. The van der Waals surface area contributed by atoms with Gasteiger partial charge in [-0.05, 0) is 11.4 Å². The van der Waals surface area contributed by atoms with Crippen LogP contribution >= 0.6 is 11.3 Å². The van der Waals surface area contributed by atoms with Gasteiger partial charge in [-0.3, -0.25) is 14.5 Å². The molecule has 0 radical (unpaired) electrons. The Balaban J connectivity index is 1.81. The van der Waals surface area contributed by atoms with Crippen LogP contribution in [0.4, 0.5) is 0 Å². The Morgan fingerprint density at radius 3 is 2.60 bits per heavy atom. The van der Waals surface area contributed by atoms with E-state index in [0.717, 1.165) is 18.0 Å². The summed E-state index contributed by atoms with van der Waals surface area (Å²) in [6, 6.07) is 3.75. The van der Waals surface area contributed by atoms with Crippen molar-refractivity contribution >= 4 is 23.2 Å². The highest BCUT2D eigenvalue weighted by atomic mass is 32.1. The standard InChI is InChI=1S/C14H20N2O3S/c1-11(14(18)19-2)10-15-5-7-16(8-6-15)13(17)12-4-3-9-20-12/h3-4,9,11H,5-8,10H2,1-2H3/t11-/m0/s1. The molecule has 1 amide bonds. The van der Waals surface area contributed by atoms with Crippen molar-refractivity contribution in [2.45, 2.75) is 6.92 Å². The van der Waals surface area contributed by atoms with Crippen LogP contribution in [0.15, 0.2) is 17.5 Å². The van der Waals surface area contributed by atoms with Crippen molar-refractivity contribution in [2.75, 3.05) is 39.8 Å². The van der Waals surface area contributed by atoms with Crippen LogP contribution < -0.4 is 0 Å². The first-order valence-electron chi connectivity index (χ1n) is 6.74. The van der Waals surface area contributed by atoms with Crippen molar-refractivity contribution in [1.82, 2.24) is 9.80 Å². The molecular weight excluding hydrogens is 276 g/mol. The number of rotatable bonds is 4. The molecule has 1 fully saturated rings. The number of carbonyl (C=O) groups excluding carboxylic acids is 2. The van der Waals surface area contributed by atoms with E-state index in [1.807, 2.05) is 29.3 Å². The predicted molar refractivity (Wildman–Crippen MR) is 77.8 cm³/mol. The summed E-state index contributed by atoms with van der Waals surface area (Å²) in [6.45, 7) is 5.59. The highest BCUT2D eigenvalue weighted by Crippen LogP contribution is 2.14. The van der Waals surface area contributed by atoms with Gasteiger partial charge in [0.25, 0.3) is 5.91 Å². The molecule has 1 aromatic heterocycles. The first kappa shape index (κ1) is 15.0. The fourth-order valence-electron chi connectivity index (χ4n) is 2.35. The van der Waals surface area contributed by atoms with Crippen LogP contribution in [0.25, 0.3) is 0 Å². The smallest absolute Gasteiger partial charge is 0.309 e. The molecule has 20 heavy (non-hydrogen) atoms. The summed E-state index contributed by atoms with van der Waals surface area (Å²) in [7, 11) is 1.41. The molecule has 0 saturated carbocycles. The minimum atomic E-state index is -0.179. The molecule has 5 nitrogen and oxygen atoms in total. The van der Waals surface area contributed by atoms with E-state index in [0.29, 0.717) is 19.6 Å². The molecule has 1 atom stereocenters. The van der Waals surface area contributed by atoms with Gasteiger partial charge < -0.3 is 9.64 Å². The number of thiophene rings is 1. The zero-order valence-electron chi connectivity index (χ0n) is 11.9. The van der Waals surface area contributed by atoms with Gasteiger partial charge in [0.2, 0.25) is 0 Å². The normalized spacial score (nSPS) is 17.8. The third-order valence-corrected chi connectivity index (χ3v) is 4.38. The Morgan fingerprint density at radius 2 is 2.05 bits per heavy atom. The maximum atomic E-state index is 12.2. The molecule has 1 aliphatic rings. The number of carbonyl (C=O) groups is 2. The minimum Gasteiger partial charge on any atom is -0.469 e. The molecule has 0 aliphatic carbocycles. The Hall–Kier alpha value is -1.40. The average Bonchev–Trinajstić information content (AvgIpc) is 3.00. The molecule has 0 spiro atoms. The fourth-order valence-corrected chi connectivity index (χ4v) is 3.04. The third kappa shape index (κ3) is 3.58. The van der Waals surface area contributed by atoms with Gasteiger partial charge in [0.1, 0.15) is 0 Å². The lowest BCUT2D eigenvalue weighted by Gasteiger charge is -2.35. The van der Waals surface area contributed by atoms with Crippen molar-refractivity contribution in [3.05, 3.63) is 22.4 Å². The van der Waals surface area contributed by atoms with Gasteiger partial charge in [-0.25, -0.2) is 0 Å². The summed E-state index contributed by atoms with van der Waals surface area (Å²) in [5, 5.41) is 1.92. The van der Waals surface area contributed by atoms with Crippen LogP contribution in [-0.4, -0.2) is 61.5 Å². The van der Waals surface area contributed by atoms with E-state index in [9.17, 15) is 9.59 Å². The van der Waals surface area contributed by atoms with Crippen molar-refractivity contribution in [3.8, 4) is 0 Å². The minimum absolute atomic E-state index is 0.112. The van der Waals surface area contributed by atoms with Gasteiger partial charge in [-0.1, -0.05) is 13.0 Å². The monoisotopic (exact) mass is 296 g/mol. The van der Waals surface area contributed by atoms with Crippen LogP contribution in [0.3, 0.4) is 0 Å².